The molecule has 9 heteroatoms. The maximum atomic E-state index is 10.9. The van der Waals surface area contributed by atoms with Crippen LogP contribution in [0.3, 0.4) is 0 Å². The Labute approximate surface area is 147 Å². The Kier molecular flexibility index (Phi) is 9.92. The smallest absolute Gasteiger partial charge is 0.208 e. The number of nitrogens with one attached hydrogen (secondary N) is 3. The van der Waals surface area contributed by atoms with Gasteiger partial charge in [-0.05, 0) is 17.7 Å². The second kappa shape index (κ2) is 10.2. The minimum absolute atomic E-state index is 0. The van der Waals surface area contributed by atoms with Gasteiger partial charge in [-0.25, -0.2) is 13.1 Å². The highest BCUT2D eigenvalue weighted by Crippen LogP contribution is 2.09. The van der Waals surface area contributed by atoms with E-state index >= 15 is 0 Å². The Hall–Kier alpha value is -0.580. The molecular formula is C12H20ClIN4O2S. The van der Waals surface area contributed by atoms with Gasteiger partial charge in [-0.1, -0.05) is 23.7 Å². The molecule has 21 heavy (non-hydrogen) atoms. The third-order valence-corrected chi connectivity index (χ3v) is 3.32. The van der Waals surface area contributed by atoms with E-state index in [9.17, 15) is 8.42 Å². The van der Waals surface area contributed by atoms with Gasteiger partial charge in [-0.3, -0.25) is 4.99 Å². The first-order chi connectivity index (χ1) is 9.40. The molecule has 0 radical (unpaired) electrons. The van der Waals surface area contributed by atoms with Crippen LogP contribution in [0.5, 0.6) is 0 Å². The number of sulfonamides is 1. The van der Waals surface area contributed by atoms with Crippen molar-refractivity contribution in [2.75, 3.05) is 26.4 Å². The summed E-state index contributed by atoms with van der Waals surface area (Å²) in [5.74, 6) is 0.597. The number of rotatable bonds is 6. The summed E-state index contributed by atoms with van der Waals surface area (Å²) in [5, 5.41) is 6.80. The lowest BCUT2D eigenvalue weighted by atomic mass is 10.2. The monoisotopic (exact) mass is 446 g/mol. The fourth-order valence-electron chi connectivity index (χ4n) is 1.47. The predicted octanol–water partition coefficient (Wildman–Crippen LogP) is 1.17. The number of nitrogens with zero attached hydrogens (tertiary/aromatic N) is 1. The van der Waals surface area contributed by atoms with E-state index in [0.29, 0.717) is 30.6 Å². The molecule has 0 aromatic heterocycles. The zero-order valence-electron chi connectivity index (χ0n) is 11.9. The van der Waals surface area contributed by atoms with Gasteiger partial charge in [0.2, 0.25) is 10.0 Å². The van der Waals surface area contributed by atoms with Gasteiger partial charge in [0.15, 0.2) is 5.96 Å². The van der Waals surface area contributed by atoms with Crippen molar-refractivity contribution in [1.82, 2.24) is 15.4 Å². The molecule has 3 N–H and O–H groups in total. The van der Waals surface area contributed by atoms with Crippen molar-refractivity contribution in [2.24, 2.45) is 4.99 Å². The van der Waals surface area contributed by atoms with Crippen molar-refractivity contribution in [1.29, 1.82) is 0 Å². The van der Waals surface area contributed by atoms with Crippen molar-refractivity contribution in [3.05, 3.63) is 34.9 Å². The molecule has 0 unspecified atom stereocenters. The standard InChI is InChI=1S/C12H19ClN4O2S.HI/c1-14-12(15-6-7-17-20(2,18)19)16-9-10-4-3-5-11(13)8-10;/h3-5,8,17H,6-7,9H2,1-2H3,(H2,14,15,16);1H. The molecule has 0 aliphatic heterocycles. The average molecular weight is 447 g/mol. The Morgan fingerprint density at radius 2 is 2.00 bits per heavy atom. The van der Waals surface area contributed by atoms with Gasteiger partial charge < -0.3 is 10.6 Å². The fourth-order valence-corrected chi connectivity index (χ4v) is 2.16. The summed E-state index contributed by atoms with van der Waals surface area (Å²) in [6, 6.07) is 7.52. The van der Waals surface area contributed by atoms with E-state index in [1.807, 2.05) is 24.3 Å². The van der Waals surface area contributed by atoms with Crippen molar-refractivity contribution in [3.8, 4) is 0 Å². The summed E-state index contributed by atoms with van der Waals surface area (Å²) in [7, 11) is -1.50. The zero-order valence-corrected chi connectivity index (χ0v) is 15.8. The summed E-state index contributed by atoms with van der Waals surface area (Å²) < 4.78 is 24.2. The zero-order chi connectivity index (χ0) is 15.0. The maximum Gasteiger partial charge on any atom is 0.208 e. The number of hydrogen-bond acceptors (Lipinski definition) is 3. The van der Waals surface area contributed by atoms with Crippen molar-refractivity contribution >= 4 is 51.6 Å². The first-order valence-corrected chi connectivity index (χ1v) is 8.31. The van der Waals surface area contributed by atoms with Crippen molar-refractivity contribution < 1.29 is 8.42 Å². The summed E-state index contributed by atoms with van der Waals surface area (Å²) in [4.78, 5) is 4.04. The maximum absolute atomic E-state index is 10.9. The van der Waals surface area contributed by atoms with Crippen LogP contribution in [0.2, 0.25) is 5.02 Å². The van der Waals surface area contributed by atoms with Gasteiger partial charge in [0.25, 0.3) is 0 Å². The number of aliphatic imine (C=N–C) groups is 1. The summed E-state index contributed by atoms with van der Waals surface area (Å²) >= 11 is 5.90. The minimum atomic E-state index is -3.15. The van der Waals surface area contributed by atoms with Crippen LogP contribution in [0.1, 0.15) is 5.56 Å². The number of hydrogen-bond donors (Lipinski definition) is 3. The molecule has 0 saturated heterocycles. The van der Waals surface area contributed by atoms with Crippen LogP contribution in [-0.2, 0) is 16.6 Å². The highest BCUT2D eigenvalue weighted by atomic mass is 127. The van der Waals surface area contributed by atoms with E-state index in [1.54, 1.807) is 7.05 Å². The van der Waals surface area contributed by atoms with Crippen LogP contribution >= 0.6 is 35.6 Å². The molecule has 0 spiro atoms. The van der Waals surface area contributed by atoms with E-state index in [1.165, 1.54) is 0 Å². The van der Waals surface area contributed by atoms with Crippen molar-refractivity contribution in [2.45, 2.75) is 6.54 Å². The quantitative estimate of drug-likeness (QED) is 0.265. The Morgan fingerprint density at radius 1 is 1.29 bits per heavy atom. The lowest BCUT2D eigenvalue weighted by molar-refractivity contribution is 0.586. The predicted molar refractivity (Wildman–Crippen MR) is 97.9 cm³/mol. The van der Waals surface area contributed by atoms with Crippen LogP contribution in [0, 0.1) is 0 Å². The Balaban J connectivity index is 0.00000400. The molecule has 0 aliphatic carbocycles. The Morgan fingerprint density at radius 3 is 2.57 bits per heavy atom. The lowest BCUT2D eigenvalue weighted by Crippen LogP contribution is -2.41. The molecule has 1 rings (SSSR count). The number of guanidine groups is 1. The van der Waals surface area contributed by atoms with Crippen LogP contribution in [0.15, 0.2) is 29.3 Å². The molecule has 120 valence electrons. The SMILES string of the molecule is CN=C(NCCNS(C)(=O)=O)NCc1cccc(Cl)c1.I. The van der Waals surface area contributed by atoms with Crippen LogP contribution in [0.25, 0.3) is 0 Å². The van der Waals surface area contributed by atoms with E-state index in [2.05, 4.69) is 20.3 Å². The van der Waals surface area contributed by atoms with E-state index in [-0.39, 0.29) is 24.0 Å². The first-order valence-electron chi connectivity index (χ1n) is 6.04. The molecule has 0 amide bonds. The highest BCUT2D eigenvalue weighted by Gasteiger charge is 2.01. The number of benzene rings is 1. The molecule has 0 aliphatic rings. The van der Waals surface area contributed by atoms with E-state index in [4.69, 9.17) is 11.6 Å². The second-order valence-corrected chi connectivity index (χ2v) is 6.42. The van der Waals surface area contributed by atoms with E-state index < -0.39 is 10.0 Å². The third kappa shape index (κ3) is 9.88. The van der Waals surface area contributed by atoms with Gasteiger partial charge >= 0.3 is 0 Å². The molecule has 6 nitrogen and oxygen atoms in total. The van der Waals surface area contributed by atoms with E-state index in [0.717, 1.165) is 11.8 Å². The highest BCUT2D eigenvalue weighted by molar-refractivity contribution is 14.0. The molecule has 1 aromatic rings. The molecule has 0 atom stereocenters. The third-order valence-electron chi connectivity index (χ3n) is 2.35. The fraction of sp³-hybridized carbons (Fsp3) is 0.417. The Bertz CT molecular complexity index is 566. The van der Waals surface area contributed by atoms with Gasteiger partial charge in [-0.15, -0.1) is 24.0 Å². The summed E-state index contributed by atoms with van der Waals surface area (Å²) in [6.45, 7) is 1.33. The van der Waals surface area contributed by atoms with Gasteiger partial charge in [-0.2, -0.15) is 0 Å². The molecule has 0 fully saturated rings. The summed E-state index contributed by atoms with van der Waals surface area (Å²) in [6.07, 6.45) is 1.12. The van der Waals surface area contributed by atoms with Gasteiger partial charge in [0.1, 0.15) is 0 Å². The van der Waals surface area contributed by atoms with Crippen LogP contribution < -0.4 is 15.4 Å². The van der Waals surface area contributed by atoms with Gasteiger partial charge in [0.05, 0.1) is 6.26 Å². The minimum Gasteiger partial charge on any atom is -0.355 e. The molecule has 0 heterocycles. The lowest BCUT2D eigenvalue weighted by Gasteiger charge is -2.12. The number of halogens is 2. The van der Waals surface area contributed by atoms with Crippen molar-refractivity contribution in [3.63, 3.8) is 0 Å². The molecule has 0 bridgehead atoms. The largest absolute Gasteiger partial charge is 0.355 e. The topological polar surface area (TPSA) is 82.6 Å². The normalized spacial score (nSPS) is 11.7. The summed E-state index contributed by atoms with van der Waals surface area (Å²) in [5.41, 5.74) is 1.04. The van der Waals surface area contributed by atoms with Gasteiger partial charge in [0, 0.05) is 31.7 Å². The second-order valence-electron chi connectivity index (χ2n) is 4.15. The van der Waals surface area contributed by atoms with Crippen LogP contribution in [0.4, 0.5) is 0 Å². The molecular weight excluding hydrogens is 427 g/mol. The molecule has 0 saturated carbocycles. The molecule has 1 aromatic carbocycles. The van der Waals surface area contributed by atoms with Crippen LogP contribution in [-0.4, -0.2) is 40.8 Å². The first kappa shape index (κ1) is 20.4. The average Bonchev–Trinajstić information content (AvgIpc) is 2.37.